The molecule has 3 rings (SSSR count). The zero-order chi connectivity index (χ0) is 12.7. The van der Waals surface area contributed by atoms with Gasteiger partial charge in [0.25, 0.3) is 0 Å². The van der Waals surface area contributed by atoms with E-state index in [0.717, 1.165) is 22.5 Å². The molecule has 4 heteroatoms. The molecule has 2 aliphatic rings. The maximum Gasteiger partial charge on any atom is 0.186 e. The van der Waals surface area contributed by atoms with Gasteiger partial charge in [-0.3, -0.25) is 0 Å². The van der Waals surface area contributed by atoms with E-state index >= 15 is 0 Å². The van der Waals surface area contributed by atoms with Crippen molar-refractivity contribution in [3.05, 3.63) is 10.6 Å². The first kappa shape index (κ1) is 12.4. The van der Waals surface area contributed by atoms with Crippen LogP contribution in [0.1, 0.15) is 56.0 Å². The van der Waals surface area contributed by atoms with Crippen LogP contribution < -0.4 is 4.90 Å². The molecule has 1 aromatic rings. The monoisotopic (exact) mass is 266 g/mol. The fourth-order valence-corrected chi connectivity index (χ4v) is 3.50. The molecule has 1 N–H and O–H groups in total. The lowest BCUT2D eigenvalue weighted by Crippen LogP contribution is -2.32. The van der Waals surface area contributed by atoms with E-state index in [1.165, 1.54) is 31.4 Å². The Balaban J connectivity index is 1.83. The third-order valence-corrected chi connectivity index (χ3v) is 4.94. The van der Waals surface area contributed by atoms with Crippen LogP contribution in [0, 0.1) is 5.92 Å². The summed E-state index contributed by atoms with van der Waals surface area (Å²) < 4.78 is 0. The lowest BCUT2D eigenvalue weighted by atomic mass is 10.2. The molecule has 0 radical (unpaired) electrons. The van der Waals surface area contributed by atoms with Crippen molar-refractivity contribution in [1.82, 2.24) is 4.98 Å². The van der Waals surface area contributed by atoms with E-state index in [9.17, 15) is 5.11 Å². The maximum absolute atomic E-state index is 9.47. The zero-order valence-corrected chi connectivity index (χ0v) is 12.0. The van der Waals surface area contributed by atoms with Gasteiger partial charge in [0.2, 0.25) is 0 Å². The summed E-state index contributed by atoms with van der Waals surface area (Å²) in [6, 6.07) is 0.496. The van der Waals surface area contributed by atoms with E-state index in [1.807, 2.05) is 0 Å². The van der Waals surface area contributed by atoms with Crippen molar-refractivity contribution in [2.45, 2.75) is 58.1 Å². The van der Waals surface area contributed by atoms with Gasteiger partial charge < -0.3 is 10.0 Å². The van der Waals surface area contributed by atoms with Crippen molar-refractivity contribution in [1.29, 1.82) is 0 Å². The van der Waals surface area contributed by atoms with Crippen LogP contribution in [0.2, 0.25) is 0 Å². The van der Waals surface area contributed by atoms with Crippen molar-refractivity contribution >= 4 is 16.5 Å². The zero-order valence-electron chi connectivity index (χ0n) is 11.2. The second-order valence-corrected chi connectivity index (χ2v) is 6.99. The average molecular weight is 266 g/mol. The third-order valence-electron chi connectivity index (χ3n) is 3.84. The quantitative estimate of drug-likeness (QED) is 0.859. The number of thiazole rings is 1. The first-order chi connectivity index (χ1) is 8.69. The fourth-order valence-electron chi connectivity index (χ4n) is 2.35. The predicted octanol–water partition coefficient (Wildman–Crippen LogP) is 3.14. The van der Waals surface area contributed by atoms with Gasteiger partial charge in [-0.15, -0.1) is 0 Å². The smallest absolute Gasteiger partial charge is 0.186 e. The molecular formula is C14H22N2OS. The first-order valence-electron chi connectivity index (χ1n) is 7.06. The third kappa shape index (κ3) is 2.54. The van der Waals surface area contributed by atoms with Gasteiger partial charge in [0.1, 0.15) is 0 Å². The van der Waals surface area contributed by atoms with E-state index in [-0.39, 0.29) is 6.61 Å². The van der Waals surface area contributed by atoms with Crippen LogP contribution >= 0.6 is 11.3 Å². The Labute approximate surface area is 113 Å². The van der Waals surface area contributed by atoms with Gasteiger partial charge in [-0.1, -0.05) is 11.3 Å². The Bertz CT molecular complexity index is 421. The molecule has 2 aliphatic carbocycles. The van der Waals surface area contributed by atoms with Crippen LogP contribution in [0.3, 0.4) is 0 Å². The molecule has 0 unspecified atom stereocenters. The standard InChI is InChI=1S/C14H22N2OS/c1-9(2)16(7-10-3-4-10)14-15-13(11-5-6-11)12(8-17)18-14/h9-11,17H,3-8H2,1-2H3. The Hall–Kier alpha value is -0.610. The second-order valence-electron chi connectivity index (χ2n) is 5.93. The van der Waals surface area contributed by atoms with Crippen molar-refractivity contribution < 1.29 is 5.11 Å². The number of nitrogens with zero attached hydrogens (tertiary/aromatic N) is 2. The van der Waals surface area contributed by atoms with Crippen LogP contribution in [-0.2, 0) is 6.61 Å². The van der Waals surface area contributed by atoms with Crippen LogP contribution in [0.4, 0.5) is 5.13 Å². The highest BCUT2D eigenvalue weighted by Gasteiger charge is 2.32. The molecule has 0 aliphatic heterocycles. The molecule has 18 heavy (non-hydrogen) atoms. The molecule has 0 bridgehead atoms. The molecule has 1 aromatic heterocycles. The van der Waals surface area contributed by atoms with E-state index in [4.69, 9.17) is 4.98 Å². The predicted molar refractivity (Wildman–Crippen MR) is 75.2 cm³/mol. The first-order valence-corrected chi connectivity index (χ1v) is 7.87. The van der Waals surface area contributed by atoms with Crippen molar-refractivity contribution in [2.75, 3.05) is 11.4 Å². The minimum atomic E-state index is 0.152. The highest BCUT2D eigenvalue weighted by molar-refractivity contribution is 7.15. The summed E-state index contributed by atoms with van der Waals surface area (Å²) in [6.07, 6.45) is 5.24. The minimum Gasteiger partial charge on any atom is -0.391 e. The molecule has 0 amide bonds. The number of aromatic nitrogens is 1. The van der Waals surface area contributed by atoms with Gasteiger partial charge in [-0.25, -0.2) is 4.98 Å². The van der Waals surface area contributed by atoms with E-state index in [2.05, 4.69) is 18.7 Å². The van der Waals surface area contributed by atoms with E-state index in [1.54, 1.807) is 11.3 Å². The summed E-state index contributed by atoms with van der Waals surface area (Å²) in [7, 11) is 0. The van der Waals surface area contributed by atoms with Gasteiger partial charge in [0.15, 0.2) is 5.13 Å². The largest absolute Gasteiger partial charge is 0.391 e. The van der Waals surface area contributed by atoms with Crippen LogP contribution in [-0.4, -0.2) is 22.7 Å². The van der Waals surface area contributed by atoms with Crippen LogP contribution in [0.25, 0.3) is 0 Å². The molecule has 0 saturated heterocycles. The molecule has 100 valence electrons. The number of hydrogen-bond acceptors (Lipinski definition) is 4. The summed E-state index contributed by atoms with van der Waals surface area (Å²) in [6.45, 7) is 5.76. The molecule has 2 saturated carbocycles. The van der Waals surface area contributed by atoms with Crippen LogP contribution in [0.5, 0.6) is 0 Å². The lowest BCUT2D eigenvalue weighted by Gasteiger charge is -2.26. The number of aliphatic hydroxyl groups is 1. The molecule has 3 nitrogen and oxygen atoms in total. The summed E-state index contributed by atoms with van der Waals surface area (Å²) >= 11 is 1.70. The molecular weight excluding hydrogens is 244 g/mol. The van der Waals surface area contributed by atoms with Gasteiger partial charge in [0, 0.05) is 18.5 Å². The molecule has 0 spiro atoms. The van der Waals surface area contributed by atoms with Gasteiger partial charge in [-0.05, 0) is 45.4 Å². The van der Waals surface area contributed by atoms with Gasteiger partial charge >= 0.3 is 0 Å². The fraction of sp³-hybridized carbons (Fsp3) is 0.786. The molecule has 0 atom stereocenters. The summed E-state index contributed by atoms with van der Waals surface area (Å²) in [5, 5.41) is 10.6. The number of aliphatic hydroxyl groups excluding tert-OH is 1. The topological polar surface area (TPSA) is 36.4 Å². The molecule has 0 aromatic carbocycles. The van der Waals surface area contributed by atoms with E-state index < -0.39 is 0 Å². The Morgan fingerprint density at radius 3 is 2.56 bits per heavy atom. The maximum atomic E-state index is 9.47. The number of hydrogen-bond donors (Lipinski definition) is 1. The minimum absolute atomic E-state index is 0.152. The molecule has 1 heterocycles. The van der Waals surface area contributed by atoms with Crippen LogP contribution in [0.15, 0.2) is 0 Å². The number of rotatable bonds is 6. The SMILES string of the molecule is CC(C)N(CC1CC1)c1nc(C2CC2)c(CO)s1. The van der Waals surface area contributed by atoms with Gasteiger partial charge in [0.05, 0.1) is 17.2 Å². The van der Waals surface area contributed by atoms with Crippen molar-refractivity contribution in [3.63, 3.8) is 0 Å². The normalized spacial score (nSPS) is 19.6. The highest BCUT2D eigenvalue weighted by Crippen LogP contribution is 2.44. The number of anilines is 1. The van der Waals surface area contributed by atoms with Gasteiger partial charge in [-0.2, -0.15) is 0 Å². The summed E-state index contributed by atoms with van der Waals surface area (Å²) in [5.74, 6) is 1.50. The summed E-state index contributed by atoms with van der Waals surface area (Å²) in [4.78, 5) is 8.35. The van der Waals surface area contributed by atoms with E-state index in [0.29, 0.717) is 12.0 Å². The second kappa shape index (κ2) is 4.82. The Morgan fingerprint density at radius 1 is 1.33 bits per heavy atom. The van der Waals surface area contributed by atoms with Crippen molar-refractivity contribution in [3.8, 4) is 0 Å². The highest BCUT2D eigenvalue weighted by atomic mass is 32.1. The Kier molecular flexibility index (Phi) is 3.32. The summed E-state index contributed by atoms with van der Waals surface area (Å²) in [5.41, 5.74) is 1.18. The molecule has 2 fully saturated rings. The Morgan fingerprint density at radius 2 is 2.06 bits per heavy atom. The average Bonchev–Trinajstić information content (AvgIpc) is 3.25. The van der Waals surface area contributed by atoms with Crippen molar-refractivity contribution in [2.24, 2.45) is 5.92 Å². The lowest BCUT2D eigenvalue weighted by molar-refractivity contribution is 0.284.